The Labute approximate surface area is 107 Å². The van der Waals surface area contributed by atoms with E-state index in [0.717, 1.165) is 5.70 Å². The minimum atomic E-state index is -0.458. The molecule has 4 nitrogen and oxygen atoms in total. The summed E-state index contributed by atoms with van der Waals surface area (Å²) in [6.45, 7) is 3.27. The highest BCUT2D eigenvalue weighted by molar-refractivity contribution is 5.88. The fourth-order valence-electron chi connectivity index (χ4n) is 3.11. The van der Waals surface area contributed by atoms with Crippen molar-refractivity contribution in [2.24, 2.45) is 11.3 Å². The van der Waals surface area contributed by atoms with Gasteiger partial charge < -0.3 is 14.4 Å². The second-order valence-electron chi connectivity index (χ2n) is 5.30. The van der Waals surface area contributed by atoms with Gasteiger partial charge in [-0.1, -0.05) is 12.2 Å². The molecule has 0 bridgehead atoms. The van der Waals surface area contributed by atoms with Crippen molar-refractivity contribution >= 4 is 5.91 Å². The Balaban J connectivity index is 1.87. The third kappa shape index (κ3) is 1.63. The lowest BCUT2D eigenvalue weighted by molar-refractivity contribution is -0.140. The highest BCUT2D eigenvalue weighted by Crippen LogP contribution is 2.49. The second-order valence-corrected chi connectivity index (χ2v) is 5.30. The maximum atomic E-state index is 12.5. The van der Waals surface area contributed by atoms with Crippen molar-refractivity contribution in [3.63, 3.8) is 0 Å². The number of allylic oxidation sites excluding steroid dienone is 4. The SMILES string of the molecule is CN1C(=O)C(C)(CC2OCCO2)C2[CH]C=CC=C21. The van der Waals surface area contributed by atoms with Crippen molar-refractivity contribution in [1.29, 1.82) is 0 Å². The number of hydrogen-bond acceptors (Lipinski definition) is 3. The van der Waals surface area contributed by atoms with Crippen LogP contribution in [0.1, 0.15) is 13.3 Å². The molecule has 0 N–H and O–H groups in total. The molecule has 97 valence electrons. The van der Waals surface area contributed by atoms with Gasteiger partial charge in [-0.25, -0.2) is 0 Å². The number of carbonyl (C=O) groups is 1. The van der Waals surface area contributed by atoms with Gasteiger partial charge in [0.25, 0.3) is 0 Å². The van der Waals surface area contributed by atoms with Crippen LogP contribution < -0.4 is 0 Å². The Morgan fingerprint density at radius 3 is 2.83 bits per heavy atom. The molecule has 18 heavy (non-hydrogen) atoms. The van der Waals surface area contributed by atoms with Crippen LogP contribution in [0, 0.1) is 17.8 Å². The van der Waals surface area contributed by atoms with Crippen molar-refractivity contribution < 1.29 is 14.3 Å². The molecule has 1 radical (unpaired) electrons. The largest absolute Gasteiger partial charge is 0.350 e. The van der Waals surface area contributed by atoms with Gasteiger partial charge in [0.2, 0.25) is 5.91 Å². The molecule has 4 heteroatoms. The van der Waals surface area contributed by atoms with Crippen LogP contribution >= 0.6 is 0 Å². The number of fused-ring (bicyclic) bond motifs is 1. The maximum Gasteiger partial charge on any atom is 0.233 e. The summed E-state index contributed by atoms with van der Waals surface area (Å²) in [5.74, 6) is 0.283. The summed E-state index contributed by atoms with van der Waals surface area (Å²) in [4.78, 5) is 14.3. The van der Waals surface area contributed by atoms with Crippen LogP contribution in [0.2, 0.25) is 0 Å². The lowest BCUT2D eigenvalue weighted by Gasteiger charge is -2.30. The van der Waals surface area contributed by atoms with Crippen molar-refractivity contribution in [3.8, 4) is 0 Å². The molecule has 1 aliphatic carbocycles. The van der Waals surface area contributed by atoms with E-state index >= 15 is 0 Å². The Morgan fingerprint density at radius 1 is 1.39 bits per heavy atom. The van der Waals surface area contributed by atoms with Gasteiger partial charge in [0.05, 0.1) is 18.6 Å². The van der Waals surface area contributed by atoms with Gasteiger partial charge in [-0.15, -0.1) is 0 Å². The van der Waals surface area contributed by atoms with E-state index in [2.05, 4.69) is 6.42 Å². The Morgan fingerprint density at radius 2 is 2.11 bits per heavy atom. The van der Waals surface area contributed by atoms with Crippen molar-refractivity contribution in [3.05, 3.63) is 30.3 Å². The molecule has 2 heterocycles. The first-order valence-electron chi connectivity index (χ1n) is 6.36. The number of likely N-dealkylation sites (tertiary alicyclic amines) is 1. The minimum Gasteiger partial charge on any atom is -0.350 e. The molecule has 0 aromatic rings. The first-order valence-corrected chi connectivity index (χ1v) is 6.36. The quantitative estimate of drug-likeness (QED) is 0.743. The lowest BCUT2D eigenvalue weighted by atomic mass is 9.72. The summed E-state index contributed by atoms with van der Waals surface area (Å²) >= 11 is 0. The molecule has 0 saturated carbocycles. The van der Waals surface area contributed by atoms with Crippen molar-refractivity contribution in [2.75, 3.05) is 20.3 Å². The van der Waals surface area contributed by atoms with E-state index in [4.69, 9.17) is 9.47 Å². The smallest absolute Gasteiger partial charge is 0.233 e. The molecule has 2 atom stereocenters. The molecule has 3 aliphatic rings. The molecule has 2 saturated heterocycles. The van der Waals surface area contributed by atoms with Crippen molar-refractivity contribution in [1.82, 2.24) is 4.90 Å². The molecular weight excluding hydrogens is 230 g/mol. The molecule has 2 unspecified atom stereocenters. The first kappa shape index (κ1) is 11.9. The van der Waals surface area contributed by atoms with E-state index in [-0.39, 0.29) is 18.1 Å². The fourth-order valence-corrected chi connectivity index (χ4v) is 3.11. The van der Waals surface area contributed by atoms with Crippen molar-refractivity contribution in [2.45, 2.75) is 19.6 Å². The molecule has 0 aromatic heterocycles. The second kappa shape index (κ2) is 4.21. The number of ether oxygens (including phenoxy) is 2. The summed E-state index contributed by atoms with van der Waals surface area (Å²) in [7, 11) is 1.84. The summed E-state index contributed by atoms with van der Waals surface area (Å²) in [6.07, 6.45) is 8.48. The fraction of sp³-hybridized carbons (Fsp3) is 0.571. The van der Waals surface area contributed by atoms with Gasteiger partial charge >= 0.3 is 0 Å². The Hall–Kier alpha value is -1.13. The van der Waals surface area contributed by atoms with E-state index in [9.17, 15) is 4.79 Å². The standard InChI is InChI=1S/C14H18NO3/c1-14(9-12-17-7-8-18-12)10-5-3-4-6-11(10)15(2)13(14)16/h3-6,10,12H,7-9H2,1-2H3. The number of carbonyl (C=O) groups excluding carboxylic acids is 1. The number of nitrogens with zero attached hydrogens (tertiary/aromatic N) is 1. The van der Waals surface area contributed by atoms with Crippen LogP contribution in [-0.4, -0.2) is 37.4 Å². The number of amides is 1. The molecule has 3 rings (SSSR count). The number of rotatable bonds is 2. The normalized spacial score (nSPS) is 36.1. The zero-order valence-corrected chi connectivity index (χ0v) is 10.8. The minimum absolute atomic E-state index is 0.132. The predicted octanol–water partition coefficient (Wildman–Crippen LogP) is 1.50. The Kier molecular flexibility index (Phi) is 2.79. The summed E-state index contributed by atoms with van der Waals surface area (Å²) < 4.78 is 11.0. The lowest BCUT2D eigenvalue weighted by Crippen LogP contribution is -2.36. The van der Waals surface area contributed by atoms with Gasteiger partial charge in [0, 0.05) is 25.1 Å². The average Bonchev–Trinajstić information content (AvgIpc) is 2.94. The van der Waals surface area contributed by atoms with Gasteiger partial charge in [0.1, 0.15) is 0 Å². The van der Waals surface area contributed by atoms with Crippen LogP contribution in [0.5, 0.6) is 0 Å². The first-order chi connectivity index (χ1) is 8.63. The maximum absolute atomic E-state index is 12.5. The zero-order chi connectivity index (χ0) is 12.8. The highest BCUT2D eigenvalue weighted by atomic mass is 16.7. The highest BCUT2D eigenvalue weighted by Gasteiger charge is 2.53. The zero-order valence-electron chi connectivity index (χ0n) is 10.8. The third-order valence-electron chi connectivity index (χ3n) is 4.15. The van der Waals surface area contributed by atoms with Crippen LogP contribution in [0.25, 0.3) is 0 Å². The van der Waals surface area contributed by atoms with E-state index < -0.39 is 5.41 Å². The molecule has 0 spiro atoms. The van der Waals surface area contributed by atoms with Crippen LogP contribution in [-0.2, 0) is 14.3 Å². The molecule has 2 fully saturated rings. The summed E-state index contributed by atoms with van der Waals surface area (Å²) in [5, 5.41) is 0. The van der Waals surface area contributed by atoms with Gasteiger partial charge in [-0.2, -0.15) is 0 Å². The van der Waals surface area contributed by atoms with E-state index in [0.29, 0.717) is 19.6 Å². The van der Waals surface area contributed by atoms with E-state index in [1.807, 2.05) is 32.2 Å². The van der Waals surface area contributed by atoms with E-state index in [1.54, 1.807) is 4.90 Å². The predicted molar refractivity (Wildman–Crippen MR) is 66.2 cm³/mol. The Bertz CT molecular complexity index is 423. The molecule has 1 amide bonds. The molecule has 2 aliphatic heterocycles. The van der Waals surface area contributed by atoms with E-state index in [1.165, 1.54) is 0 Å². The van der Waals surface area contributed by atoms with Crippen LogP contribution in [0.3, 0.4) is 0 Å². The van der Waals surface area contributed by atoms with Crippen LogP contribution in [0.4, 0.5) is 0 Å². The average molecular weight is 248 g/mol. The van der Waals surface area contributed by atoms with Crippen LogP contribution in [0.15, 0.2) is 23.9 Å². The molecular formula is C14H18NO3. The molecule has 0 aromatic carbocycles. The van der Waals surface area contributed by atoms with Gasteiger partial charge in [0.15, 0.2) is 6.29 Å². The summed E-state index contributed by atoms with van der Waals surface area (Å²) in [6, 6.07) is 0. The topological polar surface area (TPSA) is 38.8 Å². The monoisotopic (exact) mass is 248 g/mol. The summed E-state index contributed by atoms with van der Waals surface area (Å²) in [5.41, 5.74) is 0.614. The number of hydrogen-bond donors (Lipinski definition) is 0. The third-order valence-corrected chi connectivity index (χ3v) is 4.15. The van der Waals surface area contributed by atoms with Gasteiger partial charge in [-0.05, 0) is 19.4 Å². The van der Waals surface area contributed by atoms with Gasteiger partial charge in [-0.3, -0.25) is 4.79 Å².